The largest absolute Gasteiger partial charge is 0.366 e. The smallest absolute Gasteiger partial charge is 0.249 e. The molecule has 0 radical (unpaired) electrons. The molecule has 3 rings (SSSR count). The van der Waals surface area contributed by atoms with Gasteiger partial charge in [-0.05, 0) is 18.1 Å². The van der Waals surface area contributed by atoms with E-state index in [-0.39, 0.29) is 12.2 Å². The Kier molecular flexibility index (Phi) is 4.55. The normalized spacial score (nSPS) is 11.6. The second kappa shape index (κ2) is 6.64. The Labute approximate surface area is 146 Å². The van der Waals surface area contributed by atoms with E-state index < -0.39 is 15.7 Å². The van der Waals surface area contributed by atoms with Crippen molar-refractivity contribution in [3.05, 3.63) is 65.7 Å². The number of para-hydroxylation sites is 1. The van der Waals surface area contributed by atoms with Crippen molar-refractivity contribution in [3.8, 4) is 11.3 Å². The number of hydrogen-bond acceptors (Lipinski definition) is 4. The zero-order valence-electron chi connectivity index (χ0n) is 13.8. The van der Waals surface area contributed by atoms with Crippen LogP contribution in [-0.4, -0.2) is 31.3 Å². The Bertz CT molecular complexity index is 1040. The van der Waals surface area contributed by atoms with Crippen LogP contribution in [0.2, 0.25) is 0 Å². The summed E-state index contributed by atoms with van der Waals surface area (Å²) in [6.45, 7) is 0. The number of carbonyl (C=O) groups excluding carboxylic acids is 1. The molecule has 25 heavy (non-hydrogen) atoms. The second-order valence-corrected chi connectivity index (χ2v) is 8.20. The Balaban J connectivity index is 2.33. The standard InChI is InChI=1S/C19H18N2O3S/c1-25(23,24)12-11-15-17(19(20)22)14-9-5-6-10-16(14)21-18(15)13-7-3-2-4-8-13/h2-10H,11-12H2,1H3,(H2,20,22). The summed E-state index contributed by atoms with van der Waals surface area (Å²) in [4.78, 5) is 16.9. The van der Waals surface area contributed by atoms with Crippen molar-refractivity contribution in [3.63, 3.8) is 0 Å². The average molecular weight is 354 g/mol. The minimum Gasteiger partial charge on any atom is -0.366 e. The maximum atomic E-state index is 12.2. The fourth-order valence-electron chi connectivity index (χ4n) is 2.90. The van der Waals surface area contributed by atoms with Crippen LogP contribution >= 0.6 is 0 Å². The number of carbonyl (C=O) groups is 1. The fourth-order valence-corrected chi connectivity index (χ4v) is 3.47. The van der Waals surface area contributed by atoms with Gasteiger partial charge in [-0.2, -0.15) is 0 Å². The summed E-state index contributed by atoms with van der Waals surface area (Å²) in [5, 5.41) is 0.637. The van der Waals surface area contributed by atoms with Gasteiger partial charge in [-0.1, -0.05) is 48.5 Å². The molecule has 128 valence electrons. The average Bonchev–Trinajstić information content (AvgIpc) is 2.58. The molecule has 1 heterocycles. The summed E-state index contributed by atoms with van der Waals surface area (Å²) in [5.74, 6) is -0.660. The van der Waals surface area contributed by atoms with E-state index in [2.05, 4.69) is 4.98 Å². The van der Waals surface area contributed by atoms with Crippen molar-refractivity contribution in [2.24, 2.45) is 5.73 Å². The quantitative estimate of drug-likeness (QED) is 0.762. The van der Waals surface area contributed by atoms with E-state index in [1.807, 2.05) is 42.5 Å². The van der Waals surface area contributed by atoms with Gasteiger partial charge in [0, 0.05) is 17.2 Å². The molecule has 6 heteroatoms. The molecule has 0 saturated heterocycles. The molecule has 0 bridgehead atoms. The van der Waals surface area contributed by atoms with Crippen LogP contribution in [0, 0.1) is 0 Å². The molecular weight excluding hydrogens is 336 g/mol. The number of amides is 1. The SMILES string of the molecule is CS(=O)(=O)CCc1c(-c2ccccc2)nc2ccccc2c1C(N)=O. The van der Waals surface area contributed by atoms with E-state index in [0.29, 0.717) is 27.7 Å². The third kappa shape index (κ3) is 3.69. The number of primary amides is 1. The van der Waals surface area contributed by atoms with Crippen molar-refractivity contribution >= 4 is 26.6 Å². The third-order valence-electron chi connectivity index (χ3n) is 4.01. The fraction of sp³-hybridized carbons (Fsp3) is 0.158. The Morgan fingerprint density at radius 3 is 2.32 bits per heavy atom. The molecule has 2 N–H and O–H groups in total. The van der Waals surface area contributed by atoms with Crippen LogP contribution in [0.25, 0.3) is 22.2 Å². The highest BCUT2D eigenvalue weighted by Crippen LogP contribution is 2.30. The highest BCUT2D eigenvalue weighted by molar-refractivity contribution is 7.90. The van der Waals surface area contributed by atoms with Gasteiger partial charge >= 0.3 is 0 Å². The number of nitrogens with two attached hydrogens (primary N) is 1. The number of aromatic nitrogens is 1. The number of hydrogen-bond donors (Lipinski definition) is 1. The summed E-state index contributed by atoms with van der Waals surface area (Å²) in [7, 11) is -3.20. The first-order chi connectivity index (χ1) is 11.9. The molecule has 0 saturated carbocycles. The van der Waals surface area contributed by atoms with Crippen molar-refractivity contribution in [2.75, 3.05) is 12.0 Å². The van der Waals surface area contributed by atoms with Gasteiger partial charge in [-0.15, -0.1) is 0 Å². The predicted octanol–water partition coefficient (Wildman–Crippen LogP) is 2.59. The third-order valence-corrected chi connectivity index (χ3v) is 4.96. The van der Waals surface area contributed by atoms with Crippen molar-refractivity contribution in [1.29, 1.82) is 0 Å². The molecular formula is C19H18N2O3S. The first kappa shape index (κ1) is 17.1. The number of sulfone groups is 1. The van der Waals surface area contributed by atoms with Crippen LogP contribution in [0.5, 0.6) is 0 Å². The Hall–Kier alpha value is -2.73. The molecule has 1 amide bonds. The van der Waals surface area contributed by atoms with Gasteiger partial charge in [0.25, 0.3) is 0 Å². The number of fused-ring (bicyclic) bond motifs is 1. The molecule has 0 fully saturated rings. The van der Waals surface area contributed by atoms with Crippen LogP contribution in [0.4, 0.5) is 0 Å². The van der Waals surface area contributed by atoms with Crippen LogP contribution in [0.15, 0.2) is 54.6 Å². The van der Waals surface area contributed by atoms with E-state index in [9.17, 15) is 13.2 Å². The monoisotopic (exact) mass is 354 g/mol. The van der Waals surface area contributed by atoms with Gasteiger partial charge in [0.15, 0.2) is 0 Å². The first-order valence-electron chi connectivity index (χ1n) is 7.81. The lowest BCUT2D eigenvalue weighted by molar-refractivity contribution is 0.100. The molecule has 3 aromatic rings. The molecule has 2 aromatic carbocycles. The van der Waals surface area contributed by atoms with Gasteiger partial charge in [-0.3, -0.25) is 4.79 Å². The highest BCUT2D eigenvalue weighted by atomic mass is 32.2. The second-order valence-electron chi connectivity index (χ2n) is 5.94. The molecule has 1 aromatic heterocycles. The molecule has 0 aliphatic heterocycles. The molecule has 5 nitrogen and oxygen atoms in total. The summed E-state index contributed by atoms with van der Waals surface area (Å²) >= 11 is 0. The lowest BCUT2D eigenvalue weighted by atomic mass is 9.94. The summed E-state index contributed by atoms with van der Waals surface area (Å²) in [6, 6.07) is 16.6. The minimum atomic E-state index is -3.20. The van der Waals surface area contributed by atoms with Crippen LogP contribution in [0.1, 0.15) is 15.9 Å². The topological polar surface area (TPSA) is 90.1 Å². The van der Waals surface area contributed by atoms with Gasteiger partial charge in [0.05, 0.1) is 22.5 Å². The maximum absolute atomic E-state index is 12.2. The van der Waals surface area contributed by atoms with E-state index in [0.717, 1.165) is 5.56 Å². The molecule has 0 unspecified atom stereocenters. The number of pyridine rings is 1. The Morgan fingerprint density at radius 1 is 1.04 bits per heavy atom. The van der Waals surface area contributed by atoms with Gasteiger partial charge in [0.2, 0.25) is 5.91 Å². The lowest BCUT2D eigenvalue weighted by Crippen LogP contribution is -2.18. The van der Waals surface area contributed by atoms with E-state index >= 15 is 0 Å². The van der Waals surface area contributed by atoms with Crippen molar-refractivity contribution < 1.29 is 13.2 Å². The molecule has 0 aliphatic rings. The molecule has 0 atom stereocenters. The minimum absolute atomic E-state index is 0.0763. The zero-order valence-corrected chi connectivity index (χ0v) is 14.6. The zero-order chi connectivity index (χ0) is 18.0. The summed E-state index contributed by atoms with van der Waals surface area (Å²) in [6.07, 6.45) is 1.35. The van der Waals surface area contributed by atoms with E-state index in [1.165, 1.54) is 6.26 Å². The molecule has 0 spiro atoms. The van der Waals surface area contributed by atoms with Crippen LogP contribution in [0.3, 0.4) is 0 Å². The van der Waals surface area contributed by atoms with E-state index in [1.54, 1.807) is 12.1 Å². The first-order valence-corrected chi connectivity index (χ1v) is 9.87. The van der Waals surface area contributed by atoms with Crippen LogP contribution < -0.4 is 5.73 Å². The van der Waals surface area contributed by atoms with E-state index in [4.69, 9.17) is 5.73 Å². The Morgan fingerprint density at radius 2 is 1.68 bits per heavy atom. The van der Waals surface area contributed by atoms with Crippen molar-refractivity contribution in [2.45, 2.75) is 6.42 Å². The summed E-state index contributed by atoms with van der Waals surface area (Å²) in [5.41, 5.74) is 8.63. The van der Waals surface area contributed by atoms with Gasteiger partial charge in [-0.25, -0.2) is 13.4 Å². The highest BCUT2D eigenvalue weighted by Gasteiger charge is 2.20. The number of rotatable bonds is 5. The number of benzene rings is 2. The van der Waals surface area contributed by atoms with Crippen molar-refractivity contribution in [1.82, 2.24) is 4.98 Å². The number of nitrogens with zero attached hydrogens (tertiary/aromatic N) is 1. The van der Waals surface area contributed by atoms with Gasteiger partial charge in [0.1, 0.15) is 9.84 Å². The van der Waals surface area contributed by atoms with Crippen LogP contribution in [-0.2, 0) is 16.3 Å². The summed E-state index contributed by atoms with van der Waals surface area (Å²) < 4.78 is 23.3. The van der Waals surface area contributed by atoms with Gasteiger partial charge < -0.3 is 5.73 Å². The maximum Gasteiger partial charge on any atom is 0.249 e. The lowest BCUT2D eigenvalue weighted by Gasteiger charge is -2.15. The predicted molar refractivity (Wildman–Crippen MR) is 99.1 cm³/mol. The molecule has 0 aliphatic carbocycles.